The summed E-state index contributed by atoms with van der Waals surface area (Å²) in [6, 6.07) is 25.9. The van der Waals surface area contributed by atoms with Crippen LogP contribution in [0.5, 0.6) is 0 Å². The van der Waals surface area contributed by atoms with Crippen LogP contribution in [0.4, 0.5) is 11.5 Å². The fourth-order valence-electron chi connectivity index (χ4n) is 3.42. The van der Waals surface area contributed by atoms with Gasteiger partial charge in [-0.15, -0.1) is 0 Å². The molecular weight excluding hydrogens is 416 g/mol. The molecule has 0 saturated carbocycles. The zero-order valence-corrected chi connectivity index (χ0v) is 17.9. The van der Waals surface area contributed by atoms with Crippen molar-refractivity contribution in [2.24, 2.45) is 0 Å². The molecule has 1 atom stereocenters. The maximum Gasteiger partial charge on any atom is 0.330 e. The average Bonchev–Trinajstić information content (AvgIpc) is 2.83. The molecule has 0 aliphatic heterocycles. The van der Waals surface area contributed by atoms with Crippen molar-refractivity contribution in [3.63, 3.8) is 0 Å². The van der Waals surface area contributed by atoms with Crippen LogP contribution in [-0.2, 0) is 4.79 Å². The number of aryl methyl sites for hydroxylation is 1. The molecule has 33 heavy (non-hydrogen) atoms. The summed E-state index contributed by atoms with van der Waals surface area (Å²) in [4.78, 5) is 33.5. The number of benzene rings is 3. The Balaban J connectivity index is 1.54. The van der Waals surface area contributed by atoms with Gasteiger partial charge in [-0.1, -0.05) is 66.7 Å². The molecule has 0 bridgehead atoms. The van der Waals surface area contributed by atoms with Crippen molar-refractivity contribution in [2.75, 3.05) is 5.32 Å². The quantitative estimate of drug-likeness (QED) is 0.385. The number of carboxylic acid groups (broad SMARTS) is 1. The molecule has 0 aliphatic rings. The van der Waals surface area contributed by atoms with Gasteiger partial charge >= 0.3 is 5.97 Å². The van der Waals surface area contributed by atoms with Gasteiger partial charge in [0.2, 0.25) is 0 Å². The molecule has 3 N–H and O–H groups in total. The monoisotopic (exact) mass is 438 g/mol. The van der Waals surface area contributed by atoms with Crippen LogP contribution < -0.4 is 10.6 Å². The van der Waals surface area contributed by atoms with Crippen molar-refractivity contribution < 1.29 is 14.7 Å². The van der Waals surface area contributed by atoms with E-state index in [9.17, 15) is 14.7 Å². The first-order valence-electron chi connectivity index (χ1n) is 10.4. The average molecular weight is 438 g/mol. The van der Waals surface area contributed by atoms with E-state index in [1.807, 2.05) is 49.4 Å². The Morgan fingerprint density at radius 3 is 2.24 bits per heavy atom. The number of hydrogen-bond acceptors (Lipinski definition) is 5. The summed E-state index contributed by atoms with van der Waals surface area (Å²) in [6.45, 7) is 1.82. The standard InChI is InChI=1S/C26H22N4O3/c1-17-27-22(18-9-4-2-5-10-18)16-23(28-17)29-21-14-8-13-20(15-21)25(31)30-24(26(32)33)19-11-6-3-7-12-19/h2-16,24H,1H3,(H,30,31)(H,32,33)(H,27,28,29). The Kier molecular flexibility index (Phi) is 6.40. The highest BCUT2D eigenvalue weighted by Crippen LogP contribution is 2.23. The molecule has 0 radical (unpaired) electrons. The van der Waals surface area contributed by atoms with Crippen LogP contribution in [0, 0.1) is 6.92 Å². The Morgan fingerprint density at radius 2 is 1.55 bits per heavy atom. The van der Waals surface area contributed by atoms with Crippen LogP contribution in [0.2, 0.25) is 0 Å². The predicted octanol–water partition coefficient (Wildman–Crippen LogP) is 4.75. The van der Waals surface area contributed by atoms with E-state index < -0.39 is 17.9 Å². The van der Waals surface area contributed by atoms with Gasteiger partial charge in [-0.25, -0.2) is 14.8 Å². The van der Waals surface area contributed by atoms with Gasteiger partial charge < -0.3 is 15.7 Å². The molecule has 0 aliphatic carbocycles. The highest BCUT2D eigenvalue weighted by Gasteiger charge is 2.22. The SMILES string of the molecule is Cc1nc(Nc2cccc(C(=O)NC(C(=O)O)c3ccccc3)c2)cc(-c2ccccc2)n1. The molecule has 0 spiro atoms. The van der Waals surface area contributed by atoms with Crippen LogP contribution in [0.3, 0.4) is 0 Å². The lowest BCUT2D eigenvalue weighted by molar-refractivity contribution is -0.139. The van der Waals surface area contributed by atoms with E-state index in [0.717, 1.165) is 11.3 Å². The van der Waals surface area contributed by atoms with E-state index in [2.05, 4.69) is 20.6 Å². The summed E-state index contributed by atoms with van der Waals surface area (Å²) in [5.74, 6) is -0.418. The molecule has 0 saturated heterocycles. The Labute approximate surface area is 191 Å². The molecule has 1 heterocycles. The maximum atomic E-state index is 12.8. The number of nitrogens with zero attached hydrogens (tertiary/aromatic N) is 2. The van der Waals surface area contributed by atoms with Gasteiger partial charge in [-0.05, 0) is 30.7 Å². The molecule has 1 unspecified atom stereocenters. The number of aliphatic carboxylic acids is 1. The Morgan fingerprint density at radius 1 is 0.848 bits per heavy atom. The third-order valence-corrected chi connectivity index (χ3v) is 4.96. The summed E-state index contributed by atoms with van der Waals surface area (Å²) in [5, 5.41) is 15.4. The van der Waals surface area contributed by atoms with Crippen LogP contribution in [0.1, 0.15) is 27.8 Å². The summed E-state index contributed by atoms with van der Waals surface area (Å²) >= 11 is 0. The van der Waals surface area contributed by atoms with E-state index >= 15 is 0 Å². The number of amides is 1. The maximum absolute atomic E-state index is 12.8. The Bertz CT molecular complexity index is 1280. The second-order valence-electron chi connectivity index (χ2n) is 7.41. The second-order valence-corrected chi connectivity index (χ2v) is 7.41. The van der Waals surface area contributed by atoms with Crippen molar-refractivity contribution in [1.82, 2.24) is 15.3 Å². The number of carbonyl (C=O) groups is 2. The summed E-state index contributed by atoms with van der Waals surface area (Å²) in [5.41, 5.74) is 3.23. The zero-order chi connectivity index (χ0) is 23.2. The van der Waals surface area contributed by atoms with Gasteiger partial charge in [0.15, 0.2) is 6.04 Å². The van der Waals surface area contributed by atoms with Gasteiger partial charge in [-0.3, -0.25) is 4.79 Å². The number of hydrogen-bond donors (Lipinski definition) is 3. The minimum atomic E-state index is -1.15. The van der Waals surface area contributed by atoms with Crippen molar-refractivity contribution >= 4 is 23.4 Å². The zero-order valence-electron chi connectivity index (χ0n) is 17.9. The van der Waals surface area contributed by atoms with Crippen LogP contribution in [0.25, 0.3) is 11.3 Å². The summed E-state index contributed by atoms with van der Waals surface area (Å²) in [6.07, 6.45) is 0. The van der Waals surface area contributed by atoms with E-state index in [0.29, 0.717) is 28.5 Å². The number of aromatic nitrogens is 2. The highest BCUT2D eigenvalue weighted by molar-refractivity contribution is 5.97. The summed E-state index contributed by atoms with van der Waals surface area (Å²) < 4.78 is 0. The Hall–Kier alpha value is -4.52. The molecular formula is C26H22N4O3. The summed E-state index contributed by atoms with van der Waals surface area (Å²) in [7, 11) is 0. The van der Waals surface area contributed by atoms with Crippen molar-refractivity contribution in [3.8, 4) is 11.3 Å². The van der Waals surface area contributed by atoms with Gasteiger partial charge in [0.05, 0.1) is 5.69 Å². The topological polar surface area (TPSA) is 104 Å². The normalized spacial score (nSPS) is 11.4. The first kappa shape index (κ1) is 21.7. The molecule has 1 amide bonds. The third-order valence-electron chi connectivity index (χ3n) is 4.96. The number of anilines is 2. The minimum absolute atomic E-state index is 0.330. The lowest BCUT2D eigenvalue weighted by Gasteiger charge is -2.15. The van der Waals surface area contributed by atoms with Crippen LogP contribution >= 0.6 is 0 Å². The predicted molar refractivity (Wildman–Crippen MR) is 126 cm³/mol. The van der Waals surface area contributed by atoms with E-state index in [-0.39, 0.29) is 0 Å². The first-order valence-corrected chi connectivity index (χ1v) is 10.4. The van der Waals surface area contributed by atoms with Gasteiger partial charge in [0, 0.05) is 22.9 Å². The largest absolute Gasteiger partial charge is 0.479 e. The lowest BCUT2D eigenvalue weighted by atomic mass is 10.1. The first-order chi connectivity index (χ1) is 16.0. The van der Waals surface area contributed by atoms with Crippen LogP contribution in [-0.4, -0.2) is 27.0 Å². The van der Waals surface area contributed by atoms with Crippen molar-refractivity contribution in [3.05, 3.63) is 108 Å². The number of carboxylic acids is 1. The smallest absolute Gasteiger partial charge is 0.330 e. The van der Waals surface area contributed by atoms with E-state index in [4.69, 9.17) is 0 Å². The minimum Gasteiger partial charge on any atom is -0.479 e. The van der Waals surface area contributed by atoms with E-state index in [1.165, 1.54) is 0 Å². The lowest BCUT2D eigenvalue weighted by Crippen LogP contribution is -2.33. The van der Waals surface area contributed by atoms with Crippen LogP contribution in [0.15, 0.2) is 91.0 Å². The molecule has 1 aromatic heterocycles. The van der Waals surface area contributed by atoms with Gasteiger partial charge in [0.25, 0.3) is 5.91 Å². The molecule has 4 rings (SSSR count). The van der Waals surface area contributed by atoms with Crippen molar-refractivity contribution in [2.45, 2.75) is 13.0 Å². The molecule has 7 heteroatoms. The highest BCUT2D eigenvalue weighted by atomic mass is 16.4. The number of nitrogens with one attached hydrogen (secondary N) is 2. The molecule has 4 aromatic rings. The molecule has 164 valence electrons. The molecule has 0 fully saturated rings. The van der Waals surface area contributed by atoms with Crippen molar-refractivity contribution in [1.29, 1.82) is 0 Å². The van der Waals surface area contributed by atoms with E-state index in [1.54, 1.807) is 48.5 Å². The molecule has 7 nitrogen and oxygen atoms in total. The number of carbonyl (C=O) groups excluding carboxylic acids is 1. The van der Waals surface area contributed by atoms with Gasteiger partial charge in [0.1, 0.15) is 11.6 Å². The van der Waals surface area contributed by atoms with Gasteiger partial charge in [-0.2, -0.15) is 0 Å². The fourth-order valence-corrected chi connectivity index (χ4v) is 3.42. The third kappa shape index (κ3) is 5.40. The fraction of sp³-hybridized carbons (Fsp3) is 0.0769. The second kappa shape index (κ2) is 9.74. The molecule has 3 aromatic carbocycles. The number of rotatable bonds is 7.